The minimum atomic E-state index is -0.542. The first-order valence-electron chi connectivity index (χ1n) is 6.37. The van der Waals surface area contributed by atoms with Gasteiger partial charge in [-0.1, -0.05) is 0 Å². The predicted molar refractivity (Wildman–Crippen MR) is 73.4 cm³/mol. The second-order valence-electron chi connectivity index (χ2n) is 5.70. The molecule has 0 radical (unpaired) electrons. The van der Waals surface area contributed by atoms with Crippen molar-refractivity contribution in [2.45, 2.75) is 19.4 Å². The Balaban J connectivity index is 2.18. The Morgan fingerprint density at radius 2 is 2.05 bits per heavy atom. The highest BCUT2D eigenvalue weighted by Gasteiger charge is 2.33. The van der Waals surface area contributed by atoms with Crippen molar-refractivity contribution < 1.29 is 9.18 Å². The first kappa shape index (κ1) is 13.8. The van der Waals surface area contributed by atoms with E-state index in [4.69, 9.17) is 5.73 Å². The fraction of sp³-hybridized carbons (Fsp3) is 0.500. The number of benzene rings is 1. The smallest absolute Gasteiger partial charge is 0.254 e. The van der Waals surface area contributed by atoms with Gasteiger partial charge in [-0.3, -0.25) is 9.69 Å². The zero-order chi connectivity index (χ0) is 14.2. The summed E-state index contributed by atoms with van der Waals surface area (Å²) in [6.07, 6.45) is 0. The second kappa shape index (κ2) is 4.81. The summed E-state index contributed by atoms with van der Waals surface area (Å²) < 4.78 is 13.4. The third-order valence-electron chi connectivity index (χ3n) is 3.85. The summed E-state index contributed by atoms with van der Waals surface area (Å²) >= 11 is 0. The number of carbonyl (C=O) groups excluding carboxylic acids is 1. The molecule has 1 heterocycles. The first-order valence-corrected chi connectivity index (χ1v) is 6.37. The number of anilines is 1. The van der Waals surface area contributed by atoms with Gasteiger partial charge in [-0.25, -0.2) is 4.39 Å². The fourth-order valence-electron chi connectivity index (χ4n) is 2.26. The summed E-state index contributed by atoms with van der Waals surface area (Å²) in [5.41, 5.74) is 5.77. The number of carbonyl (C=O) groups is 1. The van der Waals surface area contributed by atoms with E-state index in [0.717, 1.165) is 6.54 Å². The van der Waals surface area contributed by atoms with E-state index in [1.54, 1.807) is 11.0 Å². The monoisotopic (exact) mass is 265 g/mol. The van der Waals surface area contributed by atoms with Crippen molar-refractivity contribution >= 4 is 11.6 Å². The molecule has 5 heteroatoms. The lowest BCUT2D eigenvalue weighted by Gasteiger charge is -2.45. The van der Waals surface area contributed by atoms with Crippen LogP contribution in [0.1, 0.15) is 24.2 Å². The zero-order valence-electron chi connectivity index (χ0n) is 11.6. The van der Waals surface area contributed by atoms with Crippen molar-refractivity contribution in [2.75, 3.05) is 32.4 Å². The highest BCUT2D eigenvalue weighted by molar-refractivity contribution is 5.94. The van der Waals surface area contributed by atoms with Crippen LogP contribution in [0.5, 0.6) is 0 Å². The molecule has 0 unspecified atom stereocenters. The molecule has 0 aromatic heterocycles. The van der Waals surface area contributed by atoms with Gasteiger partial charge in [0, 0.05) is 30.7 Å². The first-order chi connectivity index (χ1) is 8.81. The number of amides is 1. The van der Waals surface area contributed by atoms with Gasteiger partial charge >= 0.3 is 0 Å². The molecule has 2 rings (SSSR count). The summed E-state index contributed by atoms with van der Waals surface area (Å²) in [7, 11) is 2.05. The van der Waals surface area contributed by atoms with Crippen LogP contribution in [0, 0.1) is 5.82 Å². The lowest BCUT2D eigenvalue weighted by atomic mass is 9.99. The molecule has 1 aliphatic heterocycles. The summed E-state index contributed by atoms with van der Waals surface area (Å²) in [6.45, 7) is 6.29. The molecule has 19 heavy (non-hydrogen) atoms. The summed E-state index contributed by atoms with van der Waals surface area (Å²) in [5.74, 6) is -0.681. The molecular formula is C14H20FN3O. The molecule has 4 nitrogen and oxygen atoms in total. The fourth-order valence-corrected chi connectivity index (χ4v) is 2.26. The highest BCUT2D eigenvalue weighted by atomic mass is 19.1. The number of nitrogen functional groups attached to an aromatic ring is 1. The minimum absolute atomic E-state index is 0.0651. The van der Waals surface area contributed by atoms with Crippen LogP contribution in [-0.4, -0.2) is 47.9 Å². The van der Waals surface area contributed by atoms with E-state index in [9.17, 15) is 9.18 Å². The highest BCUT2D eigenvalue weighted by Crippen LogP contribution is 2.21. The average molecular weight is 265 g/mol. The van der Waals surface area contributed by atoms with Crippen molar-refractivity contribution in [1.82, 2.24) is 9.80 Å². The van der Waals surface area contributed by atoms with Crippen LogP contribution in [-0.2, 0) is 0 Å². The molecule has 1 aromatic rings. The molecule has 1 aromatic carbocycles. The van der Waals surface area contributed by atoms with Crippen molar-refractivity contribution in [2.24, 2.45) is 0 Å². The van der Waals surface area contributed by atoms with Crippen molar-refractivity contribution in [3.05, 3.63) is 29.6 Å². The van der Waals surface area contributed by atoms with Gasteiger partial charge < -0.3 is 10.6 Å². The number of piperazine rings is 1. The molecule has 104 valence electrons. The zero-order valence-corrected chi connectivity index (χ0v) is 11.6. The van der Waals surface area contributed by atoms with Crippen molar-refractivity contribution in [3.8, 4) is 0 Å². The van der Waals surface area contributed by atoms with Crippen molar-refractivity contribution in [3.63, 3.8) is 0 Å². The maximum atomic E-state index is 13.4. The quantitative estimate of drug-likeness (QED) is 0.784. The Morgan fingerprint density at radius 1 is 1.37 bits per heavy atom. The molecule has 0 atom stereocenters. The van der Waals surface area contributed by atoms with Crippen LogP contribution >= 0.6 is 0 Å². The average Bonchev–Trinajstić information content (AvgIpc) is 2.35. The van der Waals surface area contributed by atoms with Crippen LogP contribution in [0.15, 0.2) is 18.2 Å². The van der Waals surface area contributed by atoms with Crippen LogP contribution in [0.25, 0.3) is 0 Å². The lowest BCUT2D eigenvalue weighted by molar-refractivity contribution is 0.0311. The largest absolute Gasteiger partial charge is 0.396 e. The van der Waals surface area contributed by atoms with Crippen LogP contribution in [0.4, 0.5) is 10.1 Å². The Labute approximate surface area is 113 Å². The number of halogens is 1. The van der Waals surface area contributed by atoms with E-state index >= 15 is 0 Å². The lowest BCUT2D eigenvalue weighted by Crippen LogP contribution is -2.58. The van der Waals surface area contributed by atoms with Gasteiger partial charge in [-0.15, -0.1) is 0 Å². The maximum absolute atomic E-state index is 13.4. The third-order valence-corrected chi connectivity index (χ3v) is 3.85. The van der Waals surface area contributed by atoms with Crippen LogP contribution in [0.3, 0.4) is 0 Å². The van der Waals surface area contributed by atoms with E-state index in [1.165, 1.54) is 12.1 Å². The molecule has 0 spiro atoms. The number of hydrogen-bond acceptors (Lipinski definition) is 3. The molecule has 1 amide bonds. The predicted octanol–water partition coefficient (Wildman–Crippen LogP) is 1.57. The Bertz CT molecular complexity index is 501. The molecule has 1 aliphatic rings. The molecule has 0 bridgehead atoms. The van der Waals surface area contributed by atoms with Gasteiger partial charge in [-0.05, 0) is 39.1 Å². The molecule has 0 saturated carbocycles. The van der Waals surface area contributed by atoms with Gasteiger partial charge in [0.2, 0.25) is 0 Å². The van der Waals surface area contributed by atoms with Gasteiger partial charge in [0.1, 0.15) is 5.82 Å². The number of rotatable bonds is 1. The normalized spacial score (nSPS) is 19.5. The second-order valence-corrected chi connectivity index (χ2v) is 5.70. The number of nitrogens with zero attached hydrogens (tertiary/aromatic N) is 2. The number of likely N-dealkylation sites (N-methyl/N-ethyl adjacent to an activating group) is 1. The third kappa shape index (κ3) is 2.71. The summed E-state index contributed by atoms with van der Waals surface area (Å²) in [6, 6.07) is 4.22. The minimum Gasteiger partial charge on any atom is -0.396 e. The van der Waals surface area contributed by atoms with Crippen LogP contribution in [0.2, 0.25) is 0 Å². The van der Waals surface area contributed by atoms with E-state index < -0.39 is 5.82 Å². The molecule has 2 N–H and O–H groups in total. The number of hydrogen-bond donors (Lipinski definition) is 1. The molecule has 1 fully saturated rings. The van der Waals surface area contributed by atoms with E-state index in [1.807, 2.05) is 7.05 Å². The maximum Gasteiger partial charge on any atom is 0.254 e. The molecule has 1 saturated heterocycles. The number of nitrogens with two attached hydrogens (primary N) is 1. The molecular weight excluding hydrogens is 245 g/mol. The topological polar surface area (TPSA) is 49.6 Å². The van der Waals surface area contributed by atoms with Crippen molar-refractivity contribution in [1.29, 1.82) is 0 Å². The van der Waals surface area contributed by atoms with E-state index in [-0.39, 0.29) is 17.1 Å². The standard InChI is InChI=1S/C14H20FN3O/c1-14(2)9-18(7-6-17(14)3)13(19)10-4-5-12(16)11(15)8-10/h4-5,8H,6-7,9,16H2,1-3H3. The summed E-state index contributed by atoms with van der Waals surface area (Å²) in [5, 5.41) is 0. The summed E-state index contributed by atoms with van der Waals surface area (Å²) in [4.78, 5) is 16.3. The van der Waals surface area contributed by atoms with Crippen LogP contribution < -0.4 is 5.73 Å². The van der Waals surface area contributed by atoms with Gasteiger partial charge in [0.05, 0.1) is 5.69 Å². The SMILES string of the molecule is CN1CCN(C(=O)c2ccc(N)c(F)c2)CC1(C)C. The Hall–Kier alpha value is -1.62. The van der Waals surface area contributed by atoms with Gasteiger partial charge in [0.15, 0.2) is 0 Å². The van der Waals surface area contributed by atoms with Gasteiger partial charge in [0.25, 0.3) is 5.91 Å². The Morgan fingerprint density at radius 3 is 2.63 bits per heavy atom. The van der Waals surface area contributed by atoms with Gasteiger partial charge in [-0.2, -0.15) is 0 Å². The van der Waals surface area contributed by atoms with E-state index in [2.05, 4.69) is 18.7 Å². The Kier molecular flexibility index (Phi) is 3.49. The van der Waals surface area contributed by atoms with E-state index in [0.29, 0.717) is 18.7 Å². The molecule has 0 aliphatic carbocycles.